The minimum Gasteiger partial charge on any atom is -0.489 e. The molecule has 1 saturated heterocycles. The van der Waals surface area contributed by atoms with Crippen LogP contribution < -0.4 is 14.5 Å². The molecule has 2 amide bonds. The van der Waals surface area contributed by atoms with Gasteiger partial charge in [-0.2, -0.15) is 0 Å². The molecule has 5 unspecified atom stereocenters. The molecule has 3 fully saturated rings. The molecule has 3 aromatic carbocycles. The first-order valence-corrected chi connectivity index (χ1v) is 17.1. The highest BCUT2D eigenvalue weighted by molar-refractivity contribution is 9.10. The Balaban J connectivity index is 1.20. The van der Waals surface area contributed by atoms with Gasteiger partial charge in [0.1, 0.15) is 12.4 Å². The van der Waals surface area contributed by atoms with E-state index in [9.17, 15) is 14.4 Å². The molecule has 4 aliphatic rings. The van der Waals surface area contributed by atoms with Crippen molar-refractivity contribution < 1.29 is 14.3 Å². The van der Waals surface area contributed by atoms with Gasteiger partial charge in [-0.25, -0.2) is 0 Å². The lowest BCUT2D eigenvalue weighted by molar-refractivity contribution is -0.123. The van der Waals surface area contributed by atoms with Gasteiger partial charge in [0.25, 0.3) is 0 Å². The maximum atomic E-state index is 14.1. The summed E-state index contributed by atoms with van der Waals surface area (Å²) >= 11 is 6.66. The van der Waals surface area contributed by atoms with Gasteiger partial charge in [-0.15, -0.1) is 11.8 Å². The number of imide groups is 1. The number of halogens is 1. The quantitative estimate of drug-likeness (QED) is 0.229. The molecule has 2 saturated carbocycles. The maximum absolute atomic E-state index is 14.1. The largest absolute Gasteiger partial charge is 0.489 e. The fourth-order valence-corrected chi connectivity index (χ4v) is 11.3. The maximum Gasteiger partial charge on any atom is 0.305 e. The van der Waals surface area contributed by atoms with E-state index >= 15 is 0 Å². The molecule has 43 heavy (non-hydrogen) atoms. The van der Waals surface area contributed by atoms with Crippen LogP contribution in [-0.4, -0.2) is 22.0 Å². The number of aryl methyl sites for hydroxylation is 2. The van der Waals surface area contributed by atoms with Crippen molar-refractivity contribution in [1.82, 2.24) is 4.98 Å². The lowest BCUT2D eigenvalue weighted by Crippen LogP contribution is -2.42. The minimum absolute atomic E-state index is 0.0404. The first-order chi connectivity index (χ1) is 20.8. The highest BCUT2D eigenvalue weighted by Crippen LogP contribution is 2.69. The van der Waals surface area contributed by atoms with Crippen LogP contribution in [0.2, 0.25) is 0 Å². The first-order valence-electron chi connectivity index (χ1n) is 14.6. The number of thioether (sulfide) groups is 1. The number of hydrogen-bond acceptors (Lipinski definition) is 6. The molecule has 7 atom stereocenters. The smallest absolute Gasteiger partial charge is 0.305 e. The van der Waals surface area contributed by atoms with Crippen molar-refractivity contribution in [1.29, 1.82) is 0 Å². The van der Waals surface area contributed by atoms with Gasteiger partial charge in [0.05, 0.1) is 22.5 Å². The van der Waals surface area contributed by atoms with Crippen molar-refractivity contribution in [2.75, 3.05) is 4.90 Å². The molecule has 4 aromatic rings. The standard InChI is InChI=1S/C34H29BrN2O4S2/c1-16-3-7-18(8-4-16)15-41-24-12-9-19(35)13-21(24)25-26-22-14-23(29(26)42-31-30(25)43-34(40)36-31)28-27(22)32(38)37(33(28)39)20-10-5-17(2)6-11-20/h3-13,22-23,25-29H,14-15H2,1-2H3,(H,36,40)/t22-,23-,25?,26?,27?,28?,29?/m1/s1. The average molecular weight is 674 g/mol. The molecular formula is C34H29BrN2O4S2. The Morgan fingerprint density at radius 3 is 2.30 bits per heavy atom. The molecule has 1 aromatic heterocycles. The molecular weight excluding hydrogens is 644 g/mol. The average Bonchev–Trinajstić information content (AvgIpc) is 3.73. The number of carbonyl (C=O) groups excluding carboxylic acids is 2. The zero-order chi connectivity index (χ0) is 29.6. The predicted octanol–water partition coefficient (Wildman–Crippen LogP) is 7.07. The number of amides is 2. The Labute approximate surface area is 266 Å². The second-order valence-corrected chi connectivity index (χ2v) is 15.4. The lowest BCUT2D eigenvalue weighted by Gasteiger charge is -2.43. The summed E-state index contributed by atoms with van der Waals surface area (Å²) in [6, 6.07) is 22.1. The number of thiazole rings is 1. The van der Waals surface area contributed by atoms with E-state index in [0.717, 1.165) is 43.2 Å². The van der Waals surface area contributed by atoms with Crippen LogP contribution in [-0.2, 0) is 16.2 Å². The van der Waals surface area contributed by atoms with Gasteiger partial charge in [0, 0.05) is 26.1 Å². The number of anilines is 1. The molecule has 3 heterocycles. The predicted molar refractivity (Wildman–Crippen MR) is 172 cm³/mol. The van der Waals surface area contributed by atoms with Gasteiger partial charge < -0.3 is 9.72 Å². The summed E-state index contributed by atoms with van der Waals surface area (Å²) < 4.78 is 7.42. The van der Waals surface area contributed by atoms with Crippen molar-refractivity contribution >= 4 is 56.5 Å². The molecule has 2 aliphatic heterocycles. The number of hydrogen-bond donors (Lipinski definition) is 1. The molecule has 1 N–H and O–H groups in total. The number of benzene rings is 3. The van der Waals surface area contributed by atoms with Gasteiger partial charge in [0.2, 0.25) is 11.8 Å². The number of rotatable bonds is 5. The highest BCUT2D eigenvalue weighted by atomic mass is 79.9. The summed E-state index contributed by atoms with van der Waals surface area (Å²) in [4.78, 5) is 46.2. The minimum atomic E-state index is -0.343. The van der Waals surface area contributed by atoms with Crippen LogP contribution in [0.4, 0.5) is 5.69 Å². The monoisotopic (exact) mass is 672 g/mol. The number of carbonyl (C=O) groups is 2. The zero-order valence-electron chi connectivity index (χ0n) is 23.6. The van der Waals surface area contributed by atoms with Gasteiger partial charge in [0.15, 0.2) is 0 Å². The summed E-state index contributed by atoms with van der Waals surface area (Å²) in [6.45, 7) is 4.49. The third kappa shape index (κ3) is 4.30. The van der Waals surface area contributed by atoms with E-state index in [4.69, 9.17) is 4.74 Å². The van der Waals surface area contributed by atoms with E-state index in [1.807, 2.05) is 43.3 Å². The van der Waals surface area contributed by atoms with Crippen LogP contribution in [0, 0.1) is 43.4 Å². The molecule has 0 spiro atoms. The van der Waals surface area contributed by atoms with Gasteiger partial charge in [-0.05, 0) is 73.9 Å². The van der Waals surface area contributed by atoms with Crippen LogP contribution in [0.3, 0.4) is 0 Å². The van der Waals surface area contributed by atoms with Crippen molar-refractivity contribution in [3.63, 3.8) is 0 Å². The normalized spacial score (nSPS) is 28.6. The number of H-pyrrole nitrogens is 1. The van der Waals surface area contributed by atoms with Gasteiger partial charge >= 0.3 is 4.87 Å². The Morgan fingerprint density at radius 2 is 1.58 bits per heavy atom. The van der Waals surface area contributed by atoms with Gasteiger partial charge in [-0.3, -0.25) is 19.3 Å². The van der Waals surface area contributed by atoms with Crippen LogP contribution >= 0.6 is 39.0 Å². The molecule has 218 valence electrons. The van der Waals surface area contributed by atoms with E-state index in [0.29, 0.717) is 12.3 Å². The van der Waals surface area contributed by atoms with Gasteiger partial charge in [-0.1, -0.05) is 74.8 Å². The summed E-state index contributed by atoms with van der Waals surface area (Å²) in [5.74, 6) is 0.0513. The van der Waals surface area contributed by atoms with E-state index in [1.54, 1.807) is 11.8 Å². The number of fused-ring (bicyclic) bond motifs is 9. The fourth-order valence-electron chi connectivity index (χ4n) is 8.05. The van der Waals surface area contributed by atoms with Crippen molar-refractivity contribution in [3.8, 4) is 5.75 Å². The van der Waals surface area contributed by atoms with E-state index < -0.39 is 0 Å². The second kappa shape index (κ2) is 10.2. The van der Waals surface area contributed by atoms with Crippen molar-refractivity contribution in [2.45, 2.75) is 43.1 Å². The topological polar surface area (TPSA) is 79.5 Å². The number of nitrogens with one attached hydrogen (secondary N) is 1. The molecule has 2 aliphatic carbocycles. The van der Waals surface area contributed by atoms with E-state index in [2.05, 4.69) is 58.2 Å². The molecule has 9 heteroatoms. The fraction of sp³-hybridized carbons (Fsp3) is 0.324. The number of nitrogens with zero attached hydrogens (tertiary/aromatic N) is 1. The Morgan fingerprint density at radius 1 is 0.907 bits per heavy atom. The van der Waals surface area contributed by atoms with Crippen LogP contribution in [0.1, 0.15) is 39.5 Å². The molecule has 2 bridgehead atoms. The molecule has 0 radical (unpaired) electrons. The number of aromatic nitrogens is 1. The summed E-state index contributed by atoms with van der Waals surface area (Å²) in [5.41, 5.74) is 5.04. The Hall–Kier alpha value is -3.14. The third-order valence-electron chi connectivity index (χ3n) is 9.84. The Kier molecular flexibility index (Phi) is 6.51. The SMILES string of the molecule is Cc1ccc(COc2ccc(Br)cc2C2c3sc(=O)[nH]c3SC3C2[C@H]2C[C@@H]3C3C(=O)N(c4ccc(C)cc4)C(=O)C32)cc1. The van der Waals surface area contributed by atoms with Crippen molar-refractivity contribution in [2.24, 2.45) is 29.6 Å². The number of ether oxygens (including phenoxy) is 1. The van der Waals surface area contributed by atoms with Crippen LogP contribution in [0.5, 0.6) is 5.75 Å². The van der Waals surface area contributed by atoms with Crippen molar-refractivity contribution in [3.05, 3.63) is 108 Å². The zero-order valence-corrected chi connectivity index (χ0v) is 26.8. The first kappa shape index (κ1) is 27.4. The molecule has 8 rings (SSSR count). The highest BCUT2D eigenvalue weighted by Gasteiger charge is 2.69. The molecule has 6 nitrogen and oxygen atoms in total. The summed E-state index contributed by atoms with van der Waals surface area (Å²) in [7, 11) is 0. The van der Waals surface area contributed by atoms with Crippen LogP contribution in [0.15, 0.2) is 81.0 Å². The summed E-state index contributed by atoms with van der Waals surface area (Å²) in [6.07, 6.45) is 0.847. The Bertz CT molecular complexity index is 1830. The van der Waals surface area contributed by atoms with Crippen LogP contribution in [0.25, 0.3) is 0 Å². The van der Waals surface area contributed by atoms with E-state index in [-0.39, 0.29) is 57.4 Å². The summed E-state index contributed by atoms with van der Waals surface area (Å²) in [5, 5.41) is 1.01. The lowest BCUT2D eigenvalue weighted by atomic mass is 9.68. The third-order valence-corrected chi connectivity index (χ3v) is 12.9. The number of aromatic amines is 1. The van der Waals surface area contributed by atoms with E-state index in [1.165, 1.54) is 21.8 Å². The second-order valence-electron chi connectivity index (χ2n) is 12.3.